The second-order valence-electron chi connectivity index (χ2n) is 7.33. The third-order valence-electron chi connectivity index (χ3n) is 5.12. The van der Waals surface area contributed by atoms with Crippen molar-refractivity contribution < 1.29 is 27.9 Å². The molecule has 30 heavy (non-hydrogen) atoms. The molecule has 0 aliphatic heterocycles. The van der Waals surface area contributed by atoms with Crippen LogP contribution in [0, 0.1) is 11.6 Å². The number of rotatable bonds is 7. The van der Waals surface area contributed by atoms with Crippen LogP contribution in [-0.4, -0.2) is 23.8 Å². The number of fused-ring (bicyclic) bond motifs is 1. The van der Waals surface area contributed by atoms with Gasteiger partial charge in [-0.1, -0.05) is 18.2 Å². The van der Waals surface area contributed by atoms with Crippen LogP contribution < -0.4 is 5.32 Å². The van der Waals surface area contributed by atoms with Crippen molar-refractivity contribution in [3.8, 4) is 0 Å². The number of benzene rings is 2. The summed E-state index contributed by atoms with van der Waals surface area (Å²) in [5, 5.41) is 2.07. The first-order valence-electron chi connectivity index (χ1n) is 9.94. The number of nitrogens with one attached hydrogen (secondary N) is 1. The standard InChI is InChI=1S/C23H23F2NO4/c1-14(23(29)26-22-18(24)7-4-8-19(22)25)30-21(28)12-11-20(27)17-10-9-15-5-2-3-6-16(15)13-17/h4,7-10,13-14H,2-3,5-6,11-12H2,1H3,(H,26,29)/t14-/m1/s1. The van der Waals surface area contributed by atoms with Gasteiger partial charge in [-0.3, -0.25) is 14.4 Å². The highest BCUT2D eigenvalue weighted by Crippen LogP contribution is 2.23. The molecule has 0 fully saturated rings. The Morgan fingerprint density at radius 3 is 2.37 bits per heavy atom. The normalized spacial score (nSPS) is 13.8. The zero-order valence-electron chi connectivity index (χ0n) is 16.7. The Morgan fingerprint density at radius 2 is 1.67 bits per heavy atom. The Kier molecular flexibility index (Phi) is 6.92. The van der Waals surface area contributed by atoms with E-state index >= 15 is 0 Å². The third kappa shape index (κ3) is 5.28. The molecule has 1 amide bonds. The number of amides is 1. The number of carbonyl (C=O) groups is 3. The molecule has 2 aromatic rings. The highest BCUT2D eigenvalue weighted by Gasteiger charge is 2.21. The quantitative estimate of drug-likeness (QED) is 0.538. The summed E-state index contributed by atoms with van der Waals surface area (Å²) in [6.07, 6.45) is 2.72. The number of aryl methyl sites for hydroxylation is 2. The molecule has 0 saturated carbocycles. The van der Waals surface area contributed by atoms with Crippen molar-refractivity contribution in [2.45, 2.75) is 51.6 Å². The lowest BCUT2D eigenvalue weighted by Gasteiger charge is -2.16. The summed E-state index contributed by atoms with van der Waals surface area (Å²) in [6, 6.07) is 8.80. The van der Waals surface area contributed by atoms with Crippen molar-refractivity contribution in [2.24, 2.45) is 0 Å². The van der Waals surface area contributed by atoms with Crippen LogP contribution in [0.3, 0.4) is 0 Å². The van der Waals surface area contributed by atoms with Crippen LogP contribution >= 0.6 is 0 Å². The van der Waals surface area contributed by atoms with Gasteiger partial charge < -0.3 is 10.1 Å². The maximum absolute atomic E-state index is 13.6. The van der Waals surface area contributed by atoms with Crippen LogP contribution in [0.15, 0.2) is 36.4 Å². The molecule has 1 atom stereocenters. The SMILES string of the molecule is C[C@@H](OC(=O)CCC(=O)c1ccc2c(c1)CCCC2)C(=O)Nc1c(F)cccc1F. The minimum absolute atomic E-state index is 0.0477. The minimum Gasteiger partial charge on any atom is -0.453 e. The lowest BCUT2D eigenvalue weighted by Crippen LogP contribution is -2.30. The van der Waals surface area contributed by atoms with E-state index in [-0.39, 0.29) is 18.6 Å². The van der Waals surface area contributed by atoms with Crippen LogP contribution in [0.5, 0.6) is 0 Å². The molecule has 0 unspecified atom stereocenters. The second kappa shape index (κ2) is 9.61. The fourth-order valence-electron chi connectivity index (χ4n) is 3.42. The molecule has 1 N–H and O–H groups in total. The number of para-hydroxylation sites is 1. The molecule has 0 saturated heterocycles. The van der Waals surface area contributed by atoms with Crippen molar-refractivity contribution in [3.05, 3.63) is 64.7 Å². The van der Waals surface area contributed by atoms with Crippen LogP contribution in [0.1, 0.15) is 54.1 Å². The first-order chi connectivity index (χ1) is 14.3. The van der Waals surface area contributed by atoms with Crippen molar-refractivity contribution in [1.29, 1.82) is 0 Å². The number of anilines is 1. The molecule has 0 spiro atoms. The zero-order chi connectivity index (χ0) is 21.7. The highest BCUT2D eigenvalue weighted by molar-refractivity contribution is 5.98. The van der Waals surface area contributed by atoms with Crippen LogP contribution in [0.25, 0.3) is 0 Å². The molecular formula is C23H23F2NO4. The maximum Gasteiger partial charge on any atom is 0.307 e. The van der Waals surface area contributed by atoms with Gasteiger partial charge in [-0.2, -0.15) is 0 Å². The molecule has 1 aliphatic carbocycles. The number of ether oxygens (including phenoxy) is 1. The van der Waals surface area contributed by atoms with Gasteiger partial charge in [-0.05, 0) is 61.9 Å². The van der Waals surface area contributed by atoms with Crippen molar-refractivity contribution in [2.75, 3.05) is 5.32 Å². The van der Waals surface area contributed by atoms with Crippen molar-refractivity contribution >= 4 is 23.3 Å². The smallest absolute Gasteiger partial charge is 0.307 e. The Balaban J connectivity index is 1.50. The van der Waals surface area contributed by atoms with Crippen LogP contribution in [0.4, 0.5) is 14.5 Å². The van der Waals surface area contributed by atoms with E-state index in [1.165, 1.54) is 24.1 Å². The Morgan fingerprint density at radius 1 is 1.00 bits per heavy atom. The number of carbonyl (C=O) groups excluding carboxylic acids is 3. The average molecular weight is 415 g/mol. The van der Waals surface area contributed by atoms with E-state index in [1.807, 2.05) is 12.1 Å². The Bertz CT molecular complexity index is 953. The molecular weight excluding hydrogens is 392 g/mol. The van der Waals surface area contributed by atoms with Gasteiger partial charge in [0.1, 0.15) is 17.3 Å². The summed E-state index contributed by atoms with van der Waals surface area (Å²) < 4.78 is 32.2. The van der Waals surface area contributed by atoms with E-state index in [0.29, 0.717) is 5.56 Å². The van der Waals surface area contributed by atoms with Crippen LogP contribution in [-0.2, 0) is 27.2 Å². The number of hydrogen-bond acceptors (Lipinski definition) is 4. The summed E-state index contributed by atoms with van der Waals surface area (Å²) >= 11 is 0. The number of esters is 1. The summed E-state index contributed by atoms with van der Waals surface area (Å²) in [4.78, 5) is 36.5. The molecule has 3 rings (SSSR count). The molecule has 158 valence electrons. The molecule has 0 heterocycles. The largest absolute Gasteiger partial charge is 0.453 e. The topological polar surface area (TPSA) is 72.5 Å². The van der Waals surface area contributed by atoms with E-state index < -0.39 is 35.3 Å². The molecule has 0 aromatic heterocycles. The Labute approximate surface area is 173 Å². The number of Topliss-reactive ketones (excluding diaryl/α,β-unsaturated/α-hetero) is 1. The highest BCUT2D eigenvalue weighted by atomic mass is 19.1. The summed E-state index contributed by atoms with van der Waals surface area (Å²) in [5.74, 6) is -3.65. The summed E-state index contributed by atoms with van der Waals surface area (Å²) in [5.41, 5.74) is 2.40. The van der Waals surface area contributed by atoms with Crippen molar-refractivity contribution in [1.82, 2.24) is 0 Å². The number of hydrogen-bond donors (Lipinski definition) is 1. The summed E-state index contributed by atoms with van der Waals surface area (Å²) in [7, 11) is 0. The molecule has 0 bridgehead atoms. The maximum atomic E-state index is 13.6. The third-order valence-corrected chi connectivity index (χ3v) is 5.12. The average Bonchev–Trinajstić information content (AvgIpc) is 2.74. The minimum atomic E-state index is -1.27. The lowest BCUT2D eigenvalue weighted by molar-refractivity contribution is -0.153. The predicted octanol–water partition coefficient (Wildman–Crippen LogP) is 4.38. The van der Waals surface area contributed by atoms with Gasteiger partial charge in [0.2, 0.25) is 0 Å². The number of halogens is 2. The van der Waals surface area contributed by atoms with Crippen LogP contribution in [0.2, 0.25) is 0 Å². The van der Waals surface area contributed by atoms with E-state index in [1.54, 1.807) is 6.07 Å². The molecule has 2 aromatic carbocycles. The first kappa shape index (κ1) is 21.6. The molecule has 1 aliphatic rings. The van der Waals surface area contributed by atoms with E-state index in [9.17, 15) is 23.2 Å². The number of ketones is 1. The van der Waals surface area contributed by atoms with Gasteiger partial charge in [0.25, 0.3) is 5.91 Å². The van der Waals surface area contributed by atoms with Gasteiger partial charge in [-0.15, -0.1) is 0 Å². The van der Waals surface area contributed by atoms with Gasteiger partial charge in [0, 0.05) is 12.0 Å². The van der Waals surface area contributed by atoms with Gasteiger partial charge in [-0.25, -0.2) is 8.78 Å². The van der Waals surface area contributed by atoms with E-state index in [0.717, 1.165) is 37.8 Å². The van der Waals surface area contributed by atoms with Gasteiger partial charge in [0.05, 0.1) is 6.42 Å². The predicted molar refractivity (Wildman–Crippen MR) is 107 cm³/mol. The zero-order valence-corrected chi connectivity index (χ0v) is 16.7. The van der Waals surface area contributed by atoms with Gasteiger partial charge in [0.15, 0.2) is 11.9 Å². The second-order valence-corrected chi connectivity index (χ2v) is 7.33. The molecule has 5 nitrogen and oxygen atoms in total. The van der Waals surface area contributed by atoms with Gasteiger partial charge >= 0.3 is 5.97 Å². The first-order valence-corrected chi connectivity index (χ1v) is 9.94. The monoisotopic (exact) mass is 415 g/mol. The van der Waals surface area contributed by atoms with E-state index in [2.05, 4.69) is 5.32 Å². The van der Waals surface area contributed by atoms with Crippen molar-refractivity contribution in [3.63, 3.8) is 0 Å². The van der Waals surface area contributed by atoms with E-state index in [4.69, 9.17) is 4.74 Å². The summed E-state index contributed by atoms with van der Waals surface area (Å²) in [6.45, 7) is 1.29. The molecule has 0 radical (unpaired) electrons. The molecule has 7 heteroatoms. The fourth-order valence-corrected chi connectivity index (χ4v) is 3.42. The fraction of sp³-hybridized carbons (Fsp3) is 0.348. The lowest BCUT2D eigenvalue weighted by atomic mass is 9.89. The Hall–Kier alpha value is -3.09.